The minimum absolute atomic E-state index is 0.0319. The molecule has 4 aliphatic carbocycles. The predicted molar refractivity (Wildman–Crippen MR) is 120 cm³/mol. The van der Waals surface area contributed by atoms with Crippen molar-refractivity contribution in [1.29, 1.82) is 0 Å². The van der Waals surface area contributed by atoms with E-state index in [2.05, 4.69) is 33.0 Å². The molecule has 3 nitrogen and oxygen atoms in total. The van der Waals surface area contributed by atoms with Crippen LogP contribution in [0.2, 0.25) is 0 Å². The predicted octanol–water partition coefficient (Wildman–Crippen LogP) is 5.37. The Morgan fingerprint density at radius 3 is 2.43 bits per heavy atom. The fourth-order valence-electron chi connectivity index (χ4n) is 10.4. The summed E-state index contributed by atoms with van der Waals surface area (Å²) in [7, 11) is 0. The van der Waals surface area contributed by atoms with Crippen LogP contribution in [0.15, 0.2) is 0 Å². The summed E-state index contributed by atoms with van der Waals surface area (Å²) in [4.78, 5) is 0. The van der Waals surface area contributed by atoms with Gasteiger partial charge in [-0.1, -0.05) is 27.7 Å². The molecule has 2 heterocycles. The lowest BCUT2D eigenvalue weighted by Crippen LogP contribution is -2.57. The highest BCUT2D eigenvalue weighted by Gasteiger charge is 2.68. The van der Waals surface area contributed by atoms with Crippen LogP contribution in [0, 0.1) is 52.3 Å². The first kappa shape index (κ1) is 20.5. The standard InChI is InChI=1S/C27H45NO2/c1-16-7-12-27(28-15-16)17(2)24-23(30-27)14-22-20-6-5-18-13-19(29)8-10-25(18,3)21(20)9-11-26(22,24)4/h16-24,28-29H,5-15H2,1-4H3/t16-,17+,18+,19+,20-,21-,22-,23+,24+,25+,26+,27+/m1/s1. The van der Waals surface area contributed by atoms with Gasteiger partial charge in [0.05, 0.1) is 12.2 Å². The fourth-order valence-corrected chi connectivity index (χ4v) is 10.4. The molecule has 0 aromatic rings. The molecule has 6 fully saturated rings. The quantitative estimate of drug-likeness (QED) is 0.559. The number of ether oxygens (including phenoxy) is 1. The van der Waals surface area contributed by atoms with E-state index in [4.69, 9.17) is 4.74 Å². The van der Waals surface area contributed by atoms with E-state index in [-0.39, 0.29) is 11.8 Å². The van der Waals surface area contributed by atoms with Gasteiger partial charge in [0.15, 0.2) is 0 Å². The Labute approximate surface area is 184 Å². The maximum Gasteiger partial charge on any atom is 0.122 e. The Balaban J connectivity index is 1.26. The molecule has 3 heteroatoms. The number of rotatable bonds is 0. The van der Waals surface area contributed by atoms with Gasteiger partial charge < -0.3 is 9.84 Å². The number of aliphatic hydroxyl groups excluding tert-OH is 1. The van der Waals surface area contributed by atoms with Gasteiger partial charge in [-0.15, -0.1) is 0 Å². The summed E-state index contributed by atoms with van der Waals surface area (Å²) >= 11 is 0. The molecule has 6 aliphatic rings. The smallest absolute Gasteiger partial charge is 0.122 e. The van der Waals surface area contributed by atoms with Gasteiger partial charge in [0.25, 0.3) is 0 Å². The molecule has 0 unspecified atom stereocenters. The molecular weight excluding hydrogens is 370 g/mol. The van der Waals surface area contributed by atoms with E-state index < -0.39 is 0 Å². The molecule has 4 saturated carbocycles. The zero-order valence-electron chi connectivity index (χ0n) is 19.8. The third-order valence-electron chi connectivity index (χ3n) is 12.1. The average molecular weight is 416 g/mol. The van der Waals surface area contributed by atoms with E-state index in [0.29, 0.717) is 22.9 Å². The first-order valence-corrected chi connectivity index (χ1v) is 13.4. The van der Waals surface area contributed by atoms with E-state index >= 15 is 0 Å². The maximum atomic E-state index is 10.3. The van der Waals surface area contributed by atoms with Crippen LogP contribution in [0.3, 0.4) is 0 Å². The summed E-state index contributed by atoms with van der Waals surface area (Å²) in [6.45, 7) is 11.3. The Morgan fingerprint density at radius 2 is 1.67 bits per heavy atom. The third kappa shape index (κ3) is 2.61. The lowest BCUT2D eigenvalue weighted by molar-refractivity contribution is -0.140. The second-order valence-corrected chi connectivity index (χ2v) is 13.3. The first-order chi connectivity index (χ1) is 14.3. The van der Waals surface area contributed by atoms with Crippen molar-refractivity contribution in [3.8, 4) is 0 Å². The van der Waals surface area contributed by atoms with Crippen LogP contribution >= 0.6 is 0 Å². The zero-order chi connectivity index (χ0) is 20.9. The molecule has 1 spiro atoms. The third-order valence-corrected chi connectivity index (χ3v) is 12.1. The van der Waals surface area contributed by atoms with E-state index in [1.165, 1.54) is 51.4 Å². The highest BCUT2D eigenvalue weighted by Crippen LogP contribution is 2.71. The van der Waals surface area contributed by atoms with E-state index in [9.17, 15) is 5.11 Å². The molecular formula is C27H45NO2. The number of piperidine rings is 1. The maximum absolute atomic E-state index is 10.3. The zero-order valence-corrected chi connectivity index (χ0v) is 19.8. The largest absolute Gasteiger partial charge is 0.393 e. The highest BCUT2D eigenvalue weighted by molar-refractivity contribution is 5.16. The van der Waals surface area contributed by atoms with Crippen LogP contribution in [0.1, 0.15) is 91.9 Å². The van der Waals surface area contributed by atoms with E-state index in [0.717, 1.165) is 54.9 Å². The fraction of sp³-hybridized carbons (Fsp3) is 1.00. The monoisotopic (exact) mass is 415 g/mol. The van der Waals surface area contributed by atoms with Crippen molar-refractivity contribution in [3.63, 3.8) is 0 Å². The van der Waals surface area contributed by atoms with Crippen LogP contribution in [0.25, 0.3) is 0 Å². The molecule has 30 heavy (non-hydrogen) atoms. The molecule has 0 bridgehead atoms. The molecule has 12 atom stereocenters. The van der Waals surface area contributed by atoms with Gasteiger partial charge in [0.2, 0.25) is 0 Å². The normalized spacial score (nSPS) is 62.5. The molecule has 2 aliphatic heterocycles. The Morgan fingerprint density at radius 1 is 0.867 bits per heavy atom. The highest BCUT2D eigenvalue weighted by atomic mass is 16.5. The van der Waals surface area contributed by atoms with Crippen molar-refractivity contribution in [2.45, 2.75) is 110 Å². The molecule has 6 rings (SSSR count). The summed E-state index contributed by atoms with van der Waals surface area (Å²) < 4.78 is 7.01. The van der Waals surface area contributed by atoms with Gasteiger partial charge in [-0.05, 0) is 111 Å². The number of hydrogen-bond acceptors (Lipinski definition) is 3. The lowest BCUT2D eigenvalue weighted by Gasteiger charge is -2.61. The van der Waals surface area contributed by atoms with Gasteiger partial charge in [-0.2, -0.15) is 0 Å². The van der Waals surface area contributed by atoms with Crippen LogP contribution in [-0.4, -0.2) is 29.6 Å². The second kappa shape index (κ2) is 6.70. The van der Waals surface area contributed by atoms with E-state index in [1.807, 2.05) is 0 Å². The van der Waals surface area contributed by atoms with Crippen molar-refractivity contribution < 1.29 is 9.84 Å². The summed E-state index contributed by atoms with van der Waals surface area (Å²) in [5.41, 5.74) is 0.919. The van der Waals surface area contributed by atoms with Gasteiger partial charge in [-0.25, -0.2) is 0 Å². The van der Waals surface area contributed by atoms with Crippen molar-refractivity contribution in [2.75, 3.05) is 6.54 Å². The van der Waals surface area contributed by atoms with E-state index in [1.54, 1.807) is 0 Å². The van der Waals surface area contributed by atoms with Crippen LogP contribution in [-0.2, 0) is 4.74 Å². The van der Waals surface area contributed by atoms with Crippen molar-refractivity contribution >= 4 is 0 Å². The Bertz CT molecular complexity index is 686. The van der Waals surface area contributed by atoms with Crippen molar-refractivity contribution in [2.24, 2.45) is 52.3 Å². The van der Waals surface area contributed by atoms with Crippen LogP contribution in [0.4, 0.5) is 0 Å². The van der Waals surface area contributed by atoms with Gasteiger partial charge in [0.1, 0.15) is 5.72 Å². The van der Waals surface area contributed by atoms with Crippen molar-refractivity contribution in [1.82, 2.24) is 5.32 Å². The Kier molecular flexibility index (Phi) is 4.58. The number of fused-ring (bicyclic) bond motifs is 7. The minimum atomic E-state index is -0.0320. The molecule has 0 amide bonds. The number of hydrogen-bond donors (Lipinski definition) is 2. The van der Waals surface area contributed by atoms with Crippen molar-refractivity contribution in [3.05, 3.63) is 0 Å². The van der Waals surface area contributed by atoms with Gasteiger partial charge in [-0.3, -0.25) is 5.32 Å². The molecule has 0 radical (unpaired) electrons. The summed E-state index contributed by atoms with van der Waals surface area (Å²) in [6, 6.07) is 0. The topological polar surface area (TPSA) is 41.5 Å². The SMILES string of the molecule is C[C@@H]1CC[C@]2(NC1)O[C@H]1C[C@@H]3[C@@H]4CC[C@H]5C[C@@H](O)CC[C@]5(C)[C@@H]4CC[C@]3(C)[C@H]1[C@@H]2C. The second-order valence-electron chi connectivity index (χ2n) is 13.3. The first-order valence-electron chi connectivity index (χ1n) is 13.4. The summed E-state index contributed by atoms with van der Waals surface area (Å²) in [6.07, 6.45) is 13.2. The molecule has 0 aromatic carbocycles. The van der Waals surface area contributed by atoms with Gasteiger partial charge in [0, 0.05) is 12.5 Å². The number of aliphatic hydroxyl groups is 1. The summed E-state index contributed by atoms with van der Waals surface area (Å²) in [5, 5.41) is 14.2. The average Bonchev–Trinajstić information content (AvgIpc) is 3.16. The van der Waals surface area contributed by atoms with Gasteiger partial charge >= 0.3 is 0 Å². The van der Waals surface area contributed by atoms with Crippen LogP contribution in [0.5, 0.6) is 0 Å². The Hall–Kier alpha value is -0.120. The molecule has 0 aromatic heterocycles. The molecule has 2 N–H and O–H groups in total. The summed E-state index contributed by atoms with van der Waals surface area (Å²) in [5.74, 6) is 5.57. The number of nitrogens with one attached hydrogen (secondary N) is 1. The van der Waals surface area contributed by atoms with Crippen LogP contribution < -0.4 is 5.32 Å². The molecule has 170 valence electrons. The minimum Gasteiger partial charge on any atom is -0.393 e. The lowest BCUT2D eigenvalue weighted by atomic mass is 9.44. The molecule has 2 saturated heterocycles.